The van der Waals surface area contributed by atoms with E-state index in [1.807, 2.05) is 25.1 Å². The number of hydrogen-bond acceptors (Lipinski definition) is 5. The monoisotopic (exact) mass is 432 g/mol. The summed E-state index contributed by atoms with van der Waals surface area (Å²) in [4.78, 5) is 22.1. The molecule has 1 aliphatic heterocycles. The lowest BCUT2D eigenvalue weighted by atomic mass is 10.2. The molecule has 0 bridgehead atoms. The molecule has 0 aliphatic carbocycles. The summed E-state index contributed by atoms with van der Waals surface area (Å²) in [5.41, 5.74) is 0.486. The molecule has 4 rings (SSSR count). The van der Waals surface area contributed by atoms with E-state index in [9.17, 15) is 13.2 Å². The zero-order chi connectivity index (χ0) is 20.6. The second kappa shape index (κ2) is 7.87. The zero-order valence-electron chi connectivity index (χ0n) is 15.9. The van der Waals surface area contributed by atoms with E-state index in [0.717, 1.165) is 0 Å². The normalized spacial score (nSPS) is 17.4. The van der Waals surface area contributed by atoms with Gasteiger partial charge in [-0.05, 0) is 37.3 Å². The molecule has 2 heterocycles. The minimum absolute atomic E-state index is 0.136. The van der Waals surface area contributed by atoms with Crippen LogP contribution >= 0.6 is 11.6 Å². The number of halogens is 1. The van der Waals surface area contributed by atoms with Gasteiger partial charge in [-0.3, -0.25) is 9.69 Å². The summed E-state index contributed by atoms with van der Waals surface area (Å²) < 4.78 is 27.2. The van der Waals surface area contributed by atoms with Gasteiger partial charge in [-0.1, -0.05) is 29.8 Å². The summed E-state index contributed by atoms with van der Waals surface area (Å²) in [6.07, 6.45) is 0. The minimum Gasteiger partial charge on any atom is -0.309 e. The Morgan fingerprint density at radius 2 is 1.79 bits per heavy atom. The smallest absolute Gasteiger partial charge is 0.258 e. The van der Waals surface area contributed by atoms with Gasteiger partial charge in [0.25, 0.3) is 5.56 Å². The second-order valence-corrected chi connectivity index (χ2v) is 9.42. The van der Waals surface area contributed by atoms with Crippen molar-refractivity contribution >= 4 is 32.5 Å². The van der Waals surface area contributed by atoms with Crippen molar-refractivity contribution in [3.05, 3.63) is 69.7 Å². The molecule has 1 aromatic heterocycles. The molecule has 7 nitrogen and oxygen atoms in total. The van der Waals surface area contributed by atoms with Gasteiger partial charge in [-0.2, -0.15) is 4.31 Å². The number of nitrogens with one attached hydrogen (secondary N) is 1. The molecular weight excluding hydrogens is 412 g/mol. The number of rotatable bonds is 4. The largest absolute Gasteiger partial charge is 0.309 e. The van der Waals surface area contributed by atoms with Crippen LogP contribution in [-0.2, 0) is 10.0 Å². The van der Waals surface area contributed by atoms with Crippen LogP contribution in [0.2, 0.25) is 5.02 Å². The standard InChI is InChI=1S/C20H21ClN4O3S/c1-14(19-22-18-8-3-2-7-17(18)20(26)23-19)24-9-11-25(12-10-24)29(27,28)16-6-4-5-15(21)13-16/h2-8,13-14H,9-12H2,1H3,(H,22,23,26)/t14-/m0/s1. The Balaban J connectivity index is 1.50. The van der Waals surface area contributed by atoms with Gasteiger partial charge in [0.1, 0.15) is 5.82 Å². The second-order valence-electron chi connectivity index (χ2n) is 7.04. The maximum atomic E-state index is 12.9. The molecule has 29 heavy (non-hydrogen) atoms. The molecule has 0 radical (unpaired) electrons. The Labute approximate surface area is 174 Å². The van der Waals surface area contributed by atoms with E-state index in [2.05, 4.69) is 14.9 Å². The molecule has 1 saturated heterocycles. The summed E-state index contributed by atoms with van der Waals surface area (Å²) in [7, 11) is -3.59. The fourth-order valence-electron chi connectivity index (χ4n) is 3.58. The number of benzene rings is 2. The first-order chi connectivity index (χ1) is 13.9. The van der Waals surface area contributed by atoms with Crippen molar-refractivity contribution in [2.75, 3.05) is 26.2 Å². The third kappa shape index (κ3) is 3.93. The molecule has 2 aromatic carbocycles. The molecule has 0 unspecified atom stereocenters. The van der Waals surface area contributed by atoms with Crippen molar-refractivity contribution in [3.63, 3.8) is 0 Å². The number of nitrogens with zero attached hydrogens (tertiary/aromatic N) is 3. The number of H-pyrrole nitrogens is 1. The summed E-state index contributed by atoms with van der Waals surface area (Å²) in [5.74, 6) is 0.583. The Morgan fingerprint density at radius 3 is 2.52 bits per heavy atom. The van der Waals surface area contributed by atoms with Crippen LogP contribution in [0.1, 0.15) is 18.8 Å². The predicted molar refractivity (Wildman–Crippen MR) is 113 cm³/mol. The van der Waals surface area contributed by atoms with Gasteiger partial charge >= 0.3 is 0 Å². The Hall–Kier alpha value is -2.26. The van der Waals surface area contributed by atoms with E-state index in [1.165, 1.54) is 10.4 Å². The van der Waals surface area contributed by atoms with Crippen molar-refractivity contribution in [1.29, 1.82) is 0 Å². The van der Waals surface area contributed by atoms with E-state index in [1.54, 1.807) is 24.3 Å². The van der Waals surface area contributed by atoms with Crippen LogP contribution < -0.4 is 5.56 Å². The molecule has 0 amide bonds. The fraction of sp³-hybridized carbons (Fsp3) is 0.300. The summed E-state index contributed by atoms with van der Waals surface area (Å²) in [6, 6.07) is 13.4. The topological polar surface area (TPSA) is 86.4 Å². The van der Waals surface area contributed by atoms with Crippen molar-refractivity contribution in [2.24, 2.45) is 0 Å². The number of para-hydroxylation sites is 1. The van der Waals surface area contributed by atoms with Crippen LogP contribution in [0.3, 0.4) is 0 Å². The lowest BCUT2D eigenvalue weighted by molar-refractivity contribution is 0.141. The van der Waals surface area contributed by atoms with Crippen molar-refractivity contribution < 1.29 is 8.42 Å². The molecule has 1 N–H and O–H groups in total. The minimum atomic E-state index is -3.59. The quantitative estimate of drug-likeness (QED) is 0.684. The molecular formula is C20H21ClN4O3S. The van der Waals surface area contributed by atoms with Gasteiger partial charge in [-0.25, -0.2) is 13.4 Å². The maximum Gasteiger partial charge on any atom is 0.258 e. The number of fused-ring (bicyclic) bond motifs is 1. The van der Waals surface area contributed by atoms with E-state index in [-0.39, 0.29) is 16.5 Å². The summed E-state index contributed by atoms with van der Waals surface area (Å²) in [6.45, 7) is 3.76. The third-order valence-electron chi connectivity index (χ3n) is 5.28. The Kier molecular flexibility index (Phi) is 5.44. The van der Waals surface area contributed by atoms with E-state index in [4.69, 9.17) is 11.6 Å². The lowest BCUT2D eigenvalue weighted by Gasteiger charge is -2.37. The van der Waals surface area contributed by atoms with E-state index >= 15 is 0 Å². The van der Waals surface area contributed by atoms with Gasteiger partial charge < -0.3 is 4.98 Å². The molecule has 152 valence electrons. The van der Waals surface area contributed by atoms with Crippen LogP contribution in [0.25, 0.3) is 10.9 Å². The molecule has 1 aliphatic rings. The number of piperazine rings is 1. The van der Waals surface area contributed by atoms with Crippen LogP contribution in [0.4, 0.5) is 0 Å². The summed E-state index contributed by atoms with van der Waals surface area (Å²) >= 11 is 5.95. The fourth-order valence-corrected chi connectivity index (χ4v) is 5.31. The van der Waals surface area contributed by atoms with Gasteiger partial charge in [0.15, 0.2) is 0 Å². The average Bonchev–Trinajstić information content (AvgIpc) is 2.73. The number of aromatic nitrogens is 2. The van der Waals surface area contributed by atoms with Gasteiger partial charge in [-0.15, -0.1) is 0 Å². The van der Waals surface area contributed by atoms with Crippen LogP contribution in [0, 0.1) is 0 Å². The Morgan fingerprint density at radius 1 is 1.07 bits per heavy atom. The maximum absolute atomic E-state index is 12.9. The van der Waals surface area contributed by atoms with E-state index in [0.29, 0.717) is 47.9 Å². The van der Waals surface area contributed by atoms with Gasteiger partial charge in [0.05, 0.1) is 21.8 Å². The highest BCUT2D eigenvalue weighted by Gasteiger charge is 2.31. The van der Waals surface area contributed by atoms with Crippen LogP contribution in [0.5, 0.6) is 0 Å². The number of sulfonamides is 1. The molecule has 0 saturated carbocycles. The van der Waals surface area contributed by atoms with Crippen molar-refractivity contribution in [2.45, 2.75) is 17.9 Å². The molecule has 1 fully saturated rings. The first kappa shape index (κ1) is 20.0. The molecule has 1 atom stereocenters. The predicted octanol–water partition coefficient (Wildman–Crippen LogP) is 2.64. The average molecular weight is 433 g/mol. The highest BCUT2D eigenvalue weighted by molar-refractivity contribution is 7.89. The highest BCUT2D eigenvalue weighted by atomic mass is 35.5. The van der Waals surface area contributed by atoms with Crippen LogP contribution in [-0.4, -0.2) is 53.8 Å². The Bertz CT molecular complexity index is 1200. The molecule has 3 aromatic rings. The van der Waals surface area contributed by atoms with Crippen molar-refractivity contribution in [1.82, 2.24) is 19.2 Å². The zero-order valence-corrected chi connectivity index (χ0v) is 17.4. The first-order valence-electron chi connectivity index (χ1n) is 9.35. The SMILES string of the molecule is C[C@@H](c1nc2ccccc2c(=O)[nH]1)N1CCN(S(=O)(=O)c2cccc(Cl)c2)CC1. The highest BCUT2D eigenvalue weighted by Crippen LogP contribution is 2.24. The first-order valence-corrected chi connectivity index (χ1v) is 11.2. The van der Waals surface area contributed by atoms with Crippen molar-refractivity contribution in [3.8, 4) is 0 Å². The molecule has 9 heteroatoms. The number of hydrogen-bond donors (Lipinski definition) is 1. The summed E-state index contributed by atoms with van der Waals surface area (Å²) in [5, 5.41) is 0.950. The van der Waals surface area contributed by atoms with Gasteiger partial charge in [0, 0.05) is 31.2 Å². The van der Waals surface area contributed by atoms with Crippen LogP contribution in [0.15, 0.2) is 58.2 Å². The van der Waals surface area contributed by atoms with E-state index < -0.39 is 10.0 Å². The lowest BCUT2D eigenvalue weighted by Crippen LogP contribution is -2.49. The van der Waals surface area contributed by atoms with Gasteiger partial charge in [0.2, 0.25) is 10.0 Å². The molecule has 0 spiro atoms. The third-order valence-corrected chi connectivity index (χ3v) is 7.41. The number of aromatic amines is 1.